The number of benzene rings is 2. The second-order valence-corrected chi connectivity index (χ2v) is 8.20. The highest BCUT2D eigenvalue weighted by atomic mass is 35.5. The number of carbonyl (C=O) groups excluding carboxylic acids is 1. The van der Waals surface area contributed by atoms with E-state index in [1.165, 1.54) is 6.08 Å². The van der Waals surface area contributed by atoms with Crippen LogP contribution in [-0.4, -0.2) is 38.9 Å². The van der Waals surface area contributed by atoms with Crippen LogP contribution in [0.5, 0.6) is 5.75 Å². The van der Waals surface area contributed by atoms with Crippen LogP contribution < -0.4 is 15.9 Å². The zero-order valence-electron chi connectivity index (χ0n) is 18.9. The summed E-state index contributed by atoms with van der Waals surface area (Å²) in [5.74, 6) is 1.21. The zero-order chi connectivity index (χ0) is 24.6. The standard InChI is InChI=1S/C25H24ClN5O4/c26-14-3-1-2-4-15-34-17-11-8-16(9-12-17)10-13-20(32)18-6-5-7-19-22(33)21(27)24(35-23(18)19)25-28-30-31-29-25/h5-13H,1-4,14-15,27H2,(H,28,29,30,31). The van der Waals surface area contributed by atoms with Crippen LogP contribution >= 0.6 is 11.6 Å². The number of alkyl halides is 1. The first-order valence-electron chi connectivity index (χ1n) is 11.2. The Morgan fingerprint density at radius 1 is 1.11 bits per heavy atom. The quantitative estimate of drug-likeness (QED) is 0.133. The summed E-state index contributed by atoms with van der Waals surface area (Å²) in [5.41, 5.74) is 6.48. The molecule has 0 fully saturated rings. The number of hydrogen-bond acceptors (Lipinski definition) is 8. The number of carbonyl (C=O) groups is 1. The molecule has 9 nitrogen and oxygen atoms in total. The Morgan fingerprint density at radius 3 is 2.66 bits per heavy atom. The van der Waals surface area contributed by atoms with Gasteiger partial charge in [-0.15, -0.1) is 16.7 Å². The van der Waals surface area contributed by atoms with Gasteiger partial charge in [-0.2, -0.15) is 0 Å². The van der Waals surface area contributed by atoms with Gasteiger partial charge < -0.3 is 14.9 Å². The van der Waals surface area contributed by atoms with Gasteiger partial charge in [0.1, 0.15) is 17.0 Å². The van der Waals surface area contributed by atoms with E-state index in [0.29, 0.717) is 12.5 Å². The van der Waals surface area contributed by atoms with Crippen molar-refractivity contribution < 1.29 is 13.9 Å². The number of nitrogen functional groups attached to an aromatic ring is 1. The Labute approximate surface area is 205 Å². The first-order valence-corrected chi connectivity index (χ1v) is 11.7. The highest BCUT2D eigenvalue weighted by Gasteiger charge is 2.19. The third-order valence-corrected chi connectivity index (χ3v) is 5.65. The maximum Gasteiger partial charge on any atom is 0.217 e. The molecule has 0 unspecified atom stereocenters. The van der Waals surface area contributed by atoms with Gasteiger partial charge in [-0.25, -0.2) is 5.10 Å². The van der Waals surface area contributed by atoms with Gasteiger partial charge in [0.2, 0.25) is 11.3 Å². The Bertz CT molecular complexity index is 1380. The number of rotatable bonds is 11. The molecule has 0 aliphatic heterocycles. The average molecular weight is 494 g/mol. The van der Waals surface area contributed by atoms with Gasteiger partial charge in [-0.3, -0.25) is 9.59 Å². The van der Waals surface area contributed by atoms with Crippen molar-refractivity contribution in [2.75, 3.05) is 18.2 Å². The lowest BCUT2D eigenvalue weighted by Crippen LogP contribution is -2.12. The maximum absolute atomic E-state index is 13.0. The lowest BCUT2D eigenvalue weighted by molar-refractivity contribution is 0.104. The van der Waals surface area contributed by atoms with Crippen LogP contribution in [-0.2, 0) is 0 Å². The molecule has 10 heteroatoms. The minimum atomic E-state index is -0.467. The van der Waals surface area contributed by atoms with Crippen molar-refractivity contribution in [1.82, 2.24) is 20.6 Å². The van der Waals surface area contributed by atoms with Crippen LogP contribution in [0, 0.1) is 0 Å². The van der Waals surface area contributed by atoms with Gasteiger partial charge in [0.05, 0.1) is 17.6 Å². The summed E-state index contributed by atoms with van der Waals surface area (Å²) in [6, 6.07) is 12.2. The molecule has 0 spiro atoms. The van der Waals surface area contributed by atoms with E-state index in [9.17, 15) is 9.59 Å². The number of fused-ring (bicyclic) bond motifs is 1. The molecule has 35 heavy (non-hydrogen) atoms. The highest BCUT2D eigenvalue weighted by Crippen LogP contribution is 2.27. The van der Waals surface area contributed by atoms with Crippen LogP contribution in [0.1, 0.15) is 41.6 Å². The fraction of sp³-hybridized carbons (Fsp3) is 0.240. The predicted molar refractivity (Wildman–Crippen MR) is 135 cm³/mol. The minimum Gasteiger partial charge on any atom is -0.494 e. The molecule has 180 valence electrons. The van der Waals surface area contributed by atoms with Crippen LogP contribution in [0.4, 0.5) is 5.69 Å². The van der Waals surface area contributed by atoms with Crippen molar-refractivity contribution in [3.8, 4) is 17.3 Å². The van der Waals surface area contributed by atoms with Gasteiger partial charge in [-0.1, -0.05) is 37.1 Å². The molecule has 2 heterocycles. The number of halogens is 1. The van der Waals surface area contributed by atoms with Crippen LogP contribution in [0.25, 0.3) is 28.6 Å². The summed E-state index contributed by atoms with van der Waals surface area (Å²) in [6.45, 7) is 0.652. The SMILES string of the molecule is Nc1c(-c2nnn[nH]2)oc2c(C(=O)C=Cc3ccc(OCCCCCCCl)cc3)cccc2c1=O. The number of para-hydroxylation sites is 1. The van der Waals surface area contributed by atoms with E-state index >= 15 is 0 Å². The Hall–Kier alpha value is -3.98. The lowest BCUT2D eigenvalue weighted by atomic mass is 10.0. The number of allylic oxidation sites excluding steroid dienone is 1. The van der Waals surface area contributed by atoms with Crippen molar-refractivity contribution >= 4 is 40.1 Å². The first-order chi connectivity index (χ1) is 17.1. The summed E-state index contributed by atoms with van der Waals surface area (Å²) >= 11 is 5.68. The summed E-state index contributed by atoms with van der Waals surface area (Å²) in [4.78, 5) is 25.7. The lowest BCUT2D eigenvalue weighted by Gasteiger charge is -2.07. The smallest absolute Gasteiger partial charge is 0.217 e. The number of hydrogen-bond donors (Lipinski definition) is 2. The third-order valence-electron chi connectivity index (χ3n) is 5.38. The average Bonchev–Trinajstić information content (AvgIpc) is 3.42. The van der Waals surface area contributed by atoms with E-state index in [2.05, 4.69) is 20.6 Å². The van der Waals surface area contributed by atoms with E-state index in [1.807, 2.05) is 24.3 Å². The van der Waals surface area contributed by atoms with Gasteiger partial charge in [0, 0.05) is 5.88 Å². The monoisotopic (exact) mass is 493 g/mol. The van der Waals surface area contributed by atoms with Crippen LogP contribution in [0.15, 0.2) is 57.8 Å². The number of aromatic nitrogens is 4. The number of ether oxygens (including phenoxy) is 1. The maximum atomic E-state index is 13.0. The van der Waals surface area contributed by atoms with Crippen molar-refractivity contribution in [2.24, 2.45) is 0 Å². The molecule has 2 aromatic heterocycles. The van der Waals surface area contributed by atoms with Crippen molar-refractivity contribution in [2.45, 2.75) is 25.7 Å². The van der Waals surface area contributed by atoms with Crippen molar-refractivity contribution in [1.29, 1.82) is 0 Å². The van der Waals surface area contributed by atoms with Crippen molar-refractivity contribution in [3.63, 3.8) is 0 Å². The van der Waals surface area contributed by atoms with E-state index in [-0.39, 0.29) is 39.6 Å². The molecule has 0 bridgehead atoms. The second kappa shape index (κ2) is 11.4. The van der Waals surface area contributed by atoms with Gasteiger partial charge >= 0.3 is 0 Å². The third kappa shape index (κ3) is 5.75. The topological polar surface area (TPSA) is 137 Å². The Balaban J connectivity index is 1.49. The summed E-state index contributed by atoms with van der Waals surface area (Å²) in [6.07, 6.45) is 7.32. The number of unbranched alkanes of at least 4 members (excludes halogenated alkanes) is 3. The normalized spacial score (nSPS) is 11.3. The van der Waals surface area contributed by atoms with Crippen LogP contribution in [0.3, 0.4) is 0 Å². The highest BCUT2D eigenvalue weighted by molar-refractivity contribution is 6.17. The Morgan fingerprint density at radius 2 is 1.91 bits per heavy atom. The first kappa shape index (κ1) is 24.2. The summed E-state index contributed by atoms with van der Waals surface area (Å²) in [7, 11) is 0. The van der Waals surface area contributed by atoms with Crippen LogP contribution in [0.2, 0.25) is 0 Å². The molecule has 0 atom stereocenters. The number of tetrazole rings is 1. The number of nitrogens with one attached hydrogen (secondary N) is 1. The summed E-state index contributed by atoms with van der Waals surface area (Å²) < 4.78 is 11.6. The molecule has 3 N–H and O–H groups in total. The molecular weight excluding hydrogens is 470 g/mol. The molecule has 0 aliphatic carbocycles. The molecule has 4 aromatic rings. The van der Waals surface area contributed by atoms with Crippen molar-refractivity contribution in [3.05, 3.63) is 69.9 Å². The molecule has 4 rings (SSSR count). The number of nitrogens with two attached hydrogens (primary N) is 1. The van der Waals surface area contributed by atoms with E-state index in [4.69, 9.17) is 26.5 Å². The number of anilines is 1. The largest absolute Gasteiger partial charge is 0.494 e. The number of nitrogens with zero attached hydrogens (tertiary/aromatic N) is 3. The second-order valence-electron chi connectivity index (χ2n) is 7.82. The van der Waals surface area contributed by atoms with Gasteiger partial charge in [0.15, 0.2) is 11.5 Å². The number of aromatic amines is 1. The fourth-order valence-corrected chi connectivity index (χ4v) is 3.72. The summed E-state index contributed by atoms with van der Waals surface area (Å²) in [5, 5.41) is 13.4. The predicted octanol–water partition coefficient (Wildman–Crippen LogP) is 4.63. The Kier molecular flexibility index (Phi) is 7.89. The van der Waals surface area contributed by atoms with Gasteiger partial charge in [0.25, 0.3) is 0 Å². The molecule has 0 saturated heterocycles. The molecule has 0 amide bonds. The molecule has 0 aliphatic rings. The number of H-pyrrole nitrogens is 1. The van der Waals surface area contributed by atoms with E-state index in [0.717, 1.165) is 37.0 Å². The molecular formula is C25H24ClN5O4. The molecule has 0 saturated carbocycles. The van der Waals surface area contributed by atoms with Gasteiger partial charge in [-0.05, 0) is 59.2 Å². The zero-order valence-corrected chi connectivity index (χ0v) is 19.6. The molecule has 2 aromatic carbocycles. The molecule has 0 radical (unpaired) electrons. The minimum absolute atomic E-state index is 0.0219. The number of ketones is 1. The van der Waals surface area contributed by atoms with E-state index < -0.39 is 5.43 Å². The van der Waals surface area contributed by atoms with E-state index in [1.54, 1.807) is 24.3 Å². The fourth-order valence-electron chi connectivity index (χ4n) is 3.53.